The van der Waals surface area contributed by atoms with E-state index in [1.165, 1.54) is 17.1 Å². The minimum Gasteiger partial charge on any atom is -0.503 e. The van der Waals surface area contributed by atoms with Gasteiger partial charge in [-0.25, -0.2) is 4.39 Å². The molecular weight excluding hydrogens is 313 g/mol. The summed E-state index contributed by atoms with van der Waals surface area (Å²) in [7, 11) is 0. The summed E-state index contributed by atoms with van der Waals surface area (Å²) in [5.74, 6) is -2.13. The number of hydrogen-bond acceptors (Lipinski definition) is 4. The maximum atomic E-state index is 12.8. The minimum absolute atomic E-state index is 0.0153. The van der Waals surface area contributed by atoms with Gasteiger partial charge in [0, 0.05) is 19.5 Å². The molecule has 0 bridgehead atoms. The Morgan fingerprint density at radius 2 is 2.21 bits per heavy atom. The molecule has 1 heterocycles. The van der Waals surface area contributed by atoms with Crippen molar-refractivity contribution < 1.29 is 19.1 Å². The number of nitrogens with zero attached hydrogens (tertiary/aromatic N) is 1. The Morgan fingerprint density at radius 1 is 1.42 bits per heavy atom. The second-order valence-electron chi connectivity index (χ2n) is 5.93. The van der Waals surface area contributed by atoms with Crippen LogP contribution in [-0.4, -0.2) is 40.7 Å². The highest BCUT2D eigenvalue weighted by molar-refractivity contribution is 6.06. The van der Waals surface area contributed by atoms with Gasteiger partial charge in [-0.1, -0.05) is 12.5 Å². The van der Waals surface area contributed by atoms with Crippen molar-refractivity contribution >= 4 is 17.6 Å². The molecule has 24 heavy (non-hydrogen) atoms. The van der Waals surface area contributed by atoms with Crippen LogP contribution in [0.25, 0.3) is 0 Å². The quantitative estimate of drug-likeness (QED) is 0.544. The first-order chi connectivity index (χ1) is 11.5. The molecule has 3 N–H and O–H groups in total. The highest BCUT2D eigenvalue weighted by Gasteiger charge is 2.23. The average Bonchev–Trinajstić information content (AvgIpc) is 2.78. The number of rotatable bonds is 4. The second-order valence-corrected chi connectivity index (χ2v) is 5.93. The SMILES string of the molecule is N=C1CCCCCN1C(=O)/C(O)=C/C(=O)NCC1C=CC(F)=CC1. The number of carbonyl (C=O) groups excluding carboxylic acids is 2. The predicted molar refractivity (Wildman–Crippen MR) is 88.1 cm³/mol. The molecule has 2 rings (SSSR count). The van der Waals surface area contributed by atoms with E-state index in [4.69, 9.17) is 5.41 Å². The van der Waals surface area contributed by atoms with Gasteiger partial charge in [-0.3, -0.25) is 19.9 Å². The van der Waals surface area contributed by atoms with Crippen LogP contribution >= 0.6 is 0 Å². The smallest absolute Gasteiger partial charge is 0.294 e. The van der Waals surface area contributed by atoms with Crippen molar-refractivity contribution in [2.45, 2.75) is 32.1 Å². The lowest BCUT2D eigenvalue weighted by Crippen LogP contribution is -2.37. The number of hydrogen-bond donors (Lipinski definition) is 3. The number of amidine groups is 1. The Hall–Kier alpha value is -2.44. The molecule has 0 saturated carbocycles. The van der Waals surface area contributed by atoms with E-state index in [1.54, 1.807) is 6.08 Å². The minimum atomic E-state index is -0.723. The molecule has 1 saturated heterocycles. The number of likely N-dealkylation sites (tertiary alicyclic amines) is 1. The van der Waals surface area contributed by atoms with Crippen LogP contribution in [0.5, 0.6) is 0 Å². The Balaban J connectivity index is 1.87. The number of halogens is 1. The van der Waals surface area contributed by atoms with E-state index >= 15 is 0 Å². The van der Waals surface area contributed by atoms with Gasteiger partial charge in [-0.2, -0.15) is 0 Å². The van der Waals surface area contributed by atoms with Crippen LogP contribution in [0.15, 0.2) is 35.9 Å². The Morgan fingerprint density at radius 3 is 2.92 bits per heavy atom. The number of nitrogens with one attached hydrogen (secondary N) is 2. The third-order valence-corrected chi connectivity index (χ3v) is 4.03. The fourth-order valence-corrected chi connectivity index (χ4v) is 2.63. The molecule has 2 amide bonds. The normalized spacial score (nSPS) is 22.0. The molecule has 1 fully saturated rings. The van der Waals surface area contributed by atoms with E-state index in [9.17, 15) is 19.1 Å². The molecule has 0 radical (unpaired) electrons. The predicted octanol–water partition coefficient (Wildman–Crippen LogP) is 2.35. The maximum Gasteiger partial charge on any atom is 0.294 e. The molecule has 2 aliphatic rings. The van der Waals surface area contributed by atoms with Crippen LogP contribution in [0.1, 0.15) is 32.1 Å². The third kappa shape index (κ3) is 5.04. The lowest BCUT2D eigenvalue weighted by molar-refractivity contribution is -0.127. The van der Waals surface area contributed by atoms with Gasteiger partial charge in [-0.15, -0.1) is 0 Å². The van der Waals surface area contributed by atoms with Crippen molar-refractivity contribution in [1.82, 2.24) is 10.2 Å². The van der Waals surface area contributed by atoms with Gasteiger partial charge in [0.05, 0.1) is 6.08 Å². The number of allylic oxidation sites excluding steroid dienone is 3. The van der Waals surface area contributed by atoms with Crippen molar-refractivity contribution in [2.24, 2.45) is 5.92 Å². The van der Waals surface area contributed by atoms with Gasteiger partial charge < -0.3 is 10.4 Å². The van der Waals surface area contributed by atoms with Crippen LogP contribution in [0.3, 0.4) is 0 Å². The number of carbonyl (C=O) groups is 2. The zero-order chi connectivity index (χ0) is 17.5. The topological polar surface area (TPSA) is 93.5 Å². The van der Waals surface area contributed by atoms with Crippen molar-refractivity contribution in [2.75, 3.05) is 13.1 Å². The summed E-state index contributed by atoms with van der Waals surface area (Å²) in [6.45, 7) is 0.665. The lowest BCUT2D eigenvalue weighted by atomic mass is 10.0. The van der Waals surface area contributed by atoms with Crippen LogP contribution in [0.4, 0.5) is 4.39 Å². The van der Waals surface area contributed by atoms with Gasteiger partial charge >= 0.3 is 0 Å². The van der Waals surface area contributed by atoms with E-state index in [-0.39, 0.29) is 24.1 Å². The Bertz CT molecular complexity index is 610. The zero-order valence-electron chi connectivity index (χ0n) is 13.4. The highest BCUT2D eigenvalue weighted by Crippen LogP contribution is 2.16. The van der Waals surface area contributed by atoms with Gasteiger partial charge in [-0.05, 0) is 37.3 Å². The first-order valence-corrected chi connectivity index (χ1v) is 8.09. The summed E-state index contributed by atoms with van der Waals surface area (Å²) in [6, 6.07) is 0. The molecule has 0 spiro atoms. The molecule has 7 heteroatoms. The molecule has 1 aliphatic carbocycles. The summed E-state index contributed by atoms with van der Waals surface area (Å²) >= 11 is 0. The van der Waals surface area contributed by atoms with E-state index in [0.717, 1.165) is 25.3 Å². The summed E-state index contributed by atoms with van der Waals surface area (Å²) in [5, 5.41) is 20.3. The first kappa shape index (κ1) is 17.9. The lowest BCUT2D eigenvalue weighted by Gasteiger charge is -2.20. The van der Waals surface area contributed by atoms with E-state index in [0.29, 0.717) is 19.4 Å². The van der Waals surface area contributed by atoms with E-state index in [1.807, 2.05) is 0 Å². The average molecular weight is 335 g/mol. The van der Waals surface area contributed by atoms with Gasteiger partial charge in [0.25, 0.3) is 5.91 Å². The fraction of sp³-hybridized carbons (Fsp3) is 0.471. The monoisotopic (exact) mass is 335 g/mol. The van der Waals surface area contributed by atoms with Crippen LogP contribution in [0.2, 0.25) is 0 Å². The molecule has 6 nitrogen and oxygen atoms in total. The third-order valence-electron chi connectivity index (χ3n) is 4.03. The molecule has 1 unspecified atom stereocenters. The van der Waals surface area contributed by atoms with Crippen molar-refractivity contribution in [3.63, 3.8) is 0 Å². The summed E-state index contributed by atoms with van der Waals surface area (Å²) in [4.78, 5) is 25.2. The molecule has 130 valence electrons. The summed E-state index contributed by atoms with van der Waals surface area (Å²) in [6.07, 6.45) is 8.82. The Labute approximate surface area is 140 Å². The van der Waals surface area contributed by atoms with Crippen molar-refractivity contribution in [1.29, 1.82) is 5.41 Å². The number of amides is 2. The molecule has 0 aromatic rings. The standard InChI is InChI=1S/C17H22FN3O3/c18-13-7-5-12(6-8-13)11-20-16(23)10-14(22)17(24)21-9-3-1-2-4-15(21)19/h5,7-8,10,12,19,22H,1-4,6,9,11H2,(H,20,23)/b14-10-,19-15?. The van der Waals surface area contributed by atoms with Crippen molar-refractivity contribution in [3.05, 3.63) is 35.9 Å². The van der Waals surface area contributed by atoms with Gasteiger partial charge in [0.15, 0.2) is 5.76 Å². The van der Waals surface area contributed by atoms with Crippen LogP contribution in [0, 0.1) is 11.3 Å². The fourth-order valence-electron chi connectivity index (χ4n) is 2.63. The van der Waals surface area contributed by atoms with E-state index < -0.39 is 17.6 Å². The van der Waals surface area contributed by atoms with Crippen LogP contribution in [-0.2, 0) is 9.59 Å². The molecule has 0 aromatic heterocycles. The Kier molecular flexibility index (Phi) is 6.28. The highest BCUT2D eigenvalue weighted by atomic mass is 19.1. The van der Waals surface area contributed by atoms with E-state index in [2.05, 4.69) is 5.32 Å². The number of aliphatic hydroxyl groups is 1. The van der Waals surface area contributed by atoms with Crippen LogP contribution < -0.4 is 5.32 Å². The first-order valence-electron chi connectivity index (χ1n) is 8.09. The summed E-state index contributed by atoms with van der Waals surface area (Å²) < 4.78 is 12.8. The molecular formula is C17H22FN3O3. The molecule has 1 aliphatic heterocycles. The van der Waals surface area contributed by atoms with Gasteiger partial charge in [0.1, 0.15) is 11.7 Å². The largest absolute Gasteiger partial charge is 0.503 e. The van der Waals surface area contributed by atoms with Gasteiger partial charge in [0.2, 0.25) is 5.91 Å². The number of aliphatic hydroxyl groups excluding tert-OH is 1. The second kappa shape index (κ2) is 8.42. The maximum absolute atomic E-state index is 12.8. The molecule has 0 aromatic carbocycles. The summed E-state index contributed by atoms with van der Waals surface area (Å²) in [5.41, 5.74) is 0. The molecule has 1 atom stereocenters. The van der Waals surface area contributed by atoms with Crippen molar-refractivity contribution in [3.8, 4) is 0 Å². The zero-order valence-corrected chi connectivity index (χ0v) is 13.4.